The summed E-state index contributed by atoms with van der Waals surface area (Å²) in [5, 5.41) is 9.44. The number of carbonyl (C=O) groups is 1. The van der Waals surface area contributed by atoms with Gasteiger partial charge in [-0.1, -0.05) is 6.42 Å². The summed E-state index contributed by atoms with van der Waals surface area (Å²) in [5.41, 5.74) is 0. The van der Waals surface area contributed by atoms with E-state index in [1.54, 1.807) is 0 Å². The highest BCUT2D eigenvalue weighted by Crippen LogP contribution is 2.43. The SMILES string of the molecule is O=C1O[C@@H](O)[C@H]2OC3(CCCCC3)O[C@@H]12. The highest BCUT2D eigenvalue weighted by atomic mass is 16.8. The lowest BCUT2D eigenvalue weighted by Gasteiger charge is -2.32. The van der Waals surface area contributed by atoms with Crippen LogP contribution in [0.2, 0.25) is 0 Å². The molecule has 1 aliphatic carbocycles. The van der Waals surface area contributed by atoms with E-state index in [0.29, 0.717) is 0 Å². The van der Waals surface area contributed by atoms with E-state index in [1.165, 1.54) is 6.42 Å². The van der Waals surface area contributed by atoms with Gasteiger partial charge in [0.15, 0.2) is 18.0 Å². The Morgan fingerprint density at radius 1 is 1.20 bits per heavy atom. The molecule has 15 heavy (non-hydrogen) atoms. The maximum absolute atomic E-state index is 11.3. The van der Waals surface area contributed by atoms with E-state index in [0.717, 1.165) is 25.7 Å². The van der Waals surface area contributed by atoms with Gasteiger partial charge >= 0.3 is 5.97 Å². The van der Waals surface area contributed by atoms with E-state index in [1.807, 2.05) is 0 Å². The molecule has 1 spiro atoms. The normalized spacial score (nSPS) is 43.0. The van der Waals surface area contributed by atoms with Crippen LogP contribution in [0, 0.1) is 0 Å². The van der Waals surface area contributed by atoms with Gasteiger partial charge in [0.05, 0.1) is 0 Å². The number of esters is 1. The molecule has 0 amide bonds. The fourth-order valence-electron chi connectivity index (χ4n) is 2.61. The van der Waals surface area contributed by atoms with Crippen LogP contribution in [0.25, 0.3) is 0 Å². The van der Waals surface area contributed by atoms with Gasteiger partial charge in [-0.3, -0.25) is 0 Å². The summed E-state index contributed by atoms with van der Waals surface area (Å²) in [6.07, 6.45) is 2.36. The number of hydrogen-bond donors (Lipinski definition) is 1. The Kier molecular flexibility index (Phi) is 2.02. The molecule has 0 aromatic carbocycles. The van der Waals surface area contributed by atoms with Crippen LogP contribution < -0.4 is 0 Å². The largest absolute Gasteiger partial charge is 0.431 e. The van der Waals surface area contributed by atoms with Gasteiger partial charge in [-0.2, -0.15) is 0 Å². The molecule has 2 saturated heterocycles. The van der Waals surface area contributed by atoms with Crippen molar-refractivity contribution in [2.45, 2.75) is 56.4 Å². The molecule has 3 rings (SSSR count). The van der Waals surface area contributed by atoms with Crippen LogP contribution in [0.4, 0.5) is 0 Å². The van der Waals surface area contributed by atoms with E-state index in [9.17, 15) is 9.90 Å². The van der Waals surface area contributed by atoms with E-state index in [2.05, 4.69) is 4.74 Å². The van der Waals surface area contributed by atoms with Gasteiger partial charge in [0.2, 0.25) is 6.29 Å². The predicted molar refractivity (Wildman–Crippen MR) is 47.7 cm³/mol. The molecule has 5 heteroatoms. The van der Waals surface area contributed by atoms with Gasteiger partial charge in [-0.15, -0.1) is 0 Å². The second-order valence-corrected chi connectivity index (χ2v) is 4.42. The second-order valence-electron chi connectivity index (χ2n) is 4.42. The van der Waals surface area contributed by atoms with Crippen molar-refractivity contribution in [3.05, 3.63) is 0 Å². The fourth-order valence-corrected chi connectivity index (χ4v) is 2.61. The third-order valence-electron chi connectivity index (χ3n) is 3.36. The van der Waals surface area contributed by atoms with Crippen LogP contribution in [0.1, 0.15) is 32.1 Å². The Labute approximate surface area is 87.3 Å². The molecule has 84 valence electrons. The number of hydrogen-bond acceptors (Lipinski definition) is 5. The summed E-state index contributed by atoms with van der Waals surface area (Å²) in [6, 6.07) is 0. The van der Waals surface area contributed by atoms with Gasteiger partial charge < -0.3 is 19.3 Å². The lowest BCUT2D eigenvalue weighted by molar-refractivity contribution is -0.233. The summed E-state index contributed by atoms with van der Waals surface area (Å²) in [6.45, 7) is 0. The molecule has 3 fully saturated rings. The third kappa shape index (κ3) is 1.38. The number of aliphatic hydroxyl groups excluding tert-OH is 1. The van der Waals surface area contributed by atoms with E-state index in [-0.39, 0.29) is 0 Å². The van der Waals surface area contributed by atoms with Crippen molar-refractivity contribution < 1.29 is 24.1 Å². The highest BCUT2D eigenvalue weighted by molar-refractivity contribution is 5.78. The van der Waals surface area contributed by atoms with Gasteiger partial charge in [0, 0.05) is 12.8 Å². The Hall–Kier alpha value is -0.650. The molecular formula is C10H14O5. The predicted octanol–water partition coefficient (Wildman–Crippen LogP) is 0.306. The highest BCUT2D eigenvalue weighted by Gasteiger charge is 2.58. The molecular weight excluding hydrogens is 200 g/mol. The number of fused-ring (bicyclic) bond motifs is 1. The summed E-state index contributed by atoms with van der Waals surface area (Å²) < 4.78 is 15.9. The maximum atomic E-state index is 11.3. The van der Waals surface area contributed by atoms with Gasteiger partial charge in [0.25, 0.3) is 0 Å². The number of aliphatic hydroxyl groups is 1. The fraction of sp³-hybridized carbons (Fsp3) is 0.900. The van der Waals surface area contributed by atoms with Crippen LogP contribution in [-0.2, 0) is 19.0 Å². The molecule has 0 radical (unpaired) electrons. The Bertz CT molecular complexity index is 284. The van der Waals surface area contributed by atoms with Crippen molar-refractivity contribution in [1.29, 1.82) is 0 Å². The zero-order valence-electron chi connectivity index (χ0n) is 8.35. The topological polar surface area (TPSA) is 65.0 Å². The average molecular weight is 214 g/mol. The number of carbonyl (C=O) groups excluding carboxylic acids is 1. The summed E-state index contributed by atoms with van der Waals surface area (Å²) in [4.78, 5) is 11.3. The monoisotopic (exact) mass is 214 g/mol. The zero-order chi connectivity index (χ0) is 10.5. The summed E-state index contributed by atoms with van der Waals surface area (Å²) in [5.74, 6) is -1.14. The Balaban J connectivity index is 1.79. The van der Waals surface area contributed by atoms with Gasteiger partial charge in [-0.25, -0.2) is 4.79 Å². The molecule has 0 unspecified atom stereocenters. The van der Waals surface area contributed by atoms with Crippen LogP contribution in [0.3, 0.4) is 0 Å². The standard InChI is InChI=1S/C10H14O5/c11-8-6-7(9(12)13-8)15-10(14-6)4-2-1-3-5-10/h6-8,11H,1-5H2/t6-,7+,8+/m0/s1. The smallest absolute Gasteiger partial charge is 0.340 e. The van der Waals surface area contributed by atoms with Gasteiger partial charge in [0.1, 0.15) is 0 Å². The lowest BCUT2D eigenvalue weighted by Crippen LogP contribution is -2.36. The summed E-state index contributed by atoms with van der Waals surface area (Å²) >= 11 is 0. The number of cyclic esters (lactones) is 1. The quantitative estimate of drug-likeness (QED) is 0.588. The Morgan fingerprint density at radius 2 is 1.93 bits per heavy atom. The molecule has 3 atom stereocenters. The first kappa shape index (κ1) is 9.57. The zero-order valence-corrected chi connectivity index (χ0v) is 8.35. The van der Waals surface area contributed by atoms with Crippen LogP contribution in [-0.4, -0.2) is 35.4 Å². The first-order valence-electron chi connectivity index (χ1n) is 5.44. The van der Waals surface area contributed by atoms with E-state index in [4.69, 9.17) is 9.47 Å². The minimum absolute atomic E-state index is 0.505. The van der Waals surface area contributed by atoms with Crippen molar-refractivity contribution in [3.8, 4) is 0 Å². The molecule has 1 N–H and O–H groups in total. The molecule has 0 aromatic rings. The minimum atomic E-state index is -1.16. The van der Waals surface area contributed by atoms with Crippen molar-refractivity contribution in [2.75, 3.05) is 0 Å². The van der Waals surface area contributed by atoms with Gasteiger partial charge in [-0.05, 0) is 12.8 Å². The second kappa shape index (κ2) is 3.17. The van der Waals surface area contributed by atoms with Crippen LogP contribution in [0.5, 0.6) is 0 Å². The lowest BCUT2D eigenvalue weighted by atomic mass is 9.94. The molecule has 3 aliphatic rings. The Morgan fingerprint density at radius 3 is 2.60 bits per heavy atom. The van der Waals surface area contributed by atoms with Crippen LogP contribution in [0.15, 0.2) is 0 Å². The van der Waals surface area contributed by atoms with E-state index >= 15 is 0 Å². The molecule has 2 aliphatic heterocycles. The summed E-state index contributed by atoms with van der Waals surface area (Å²) in [7, 11) is 0. The minimum Gasteiger partial charge on any atom is -0.431 e. The van der Waals surface area contributed by atoms with Crippen molar-refractivity contribution in [2.24, 2.45) is 0 Å². The van der Waals surface area contributed by atoms with Crippen molar-refractivity contribution in [3.63, 3.8) is 0 Å². The first-order chi connectivity index (χ1) is 7.20. The average Bonchev–Trinajstić information content (AvgIpc) is 2.69. The third-order valence-corrected chi connectivity index (χ3v) is 3.36. The molecule has 0 bridgehead atoms. The maximum Gasteiger partial charge on any atom is 0.340 e. The first-order valence-corrected chi connectivity index (χ1v) is 5.44. The van der Waals surface area contributed by atoms with Crippen molar-refractivity contribution in [1.82, 2.24) is 0 Å². The van der Waals surface area contributed by atoms with E-state index < -0.39 is 30.3 Å². The molecule has 2 heterocycles. The number of rotatable bonds is 0. The van der Waals surface area contributed by atoms with Crippen molar-refractivity contribution >= 4 is 5.97 Å². The molecule has 5 nitrogen and oxygen atoms in total. The number of ether oxygens (including phenoxy) is 3. The molecule has 1 saturated carbocycles. The van der Waals surface area contributed by atoms with Crippen LogP contribution >= 0.6 is 0 Å². The molecule has 0 aromatic heterocycles.